The van der Waals surface area contributed by atoms with E-state index < -0.39 is 19.9 Å². The summed E-state index contributed by atoms with van der Waals surface area (Å²) < 4.78 is 47.5. The van der Waals surface area contributed by atoms with E-state index in [-0.39, 0.29) is 18.6 Å². The number of nitrogens with one attached hydrogen (secondary N) is 1. The predicted molar refractivity (Wildman–Crippen MR) is 123 cm³/mol. The number of ether oxygens (including phenoxy) is 1. The maximum atomic E-state index is 13.3. The van der Waals surface area contributed by atoms with Crippen LogP contribution in [0.3, 0.4) is 0 Å². The fourth-order valence-electron chi connectivity index (χ4n) is 3.45. The summed E-state index contributed by atoms with van der Waals surface area (Å²) in [7, 11) is -1.30. The number of anilines is 1. The summed E-state index contributed by atoms with van der Waals surface area (Å²) in [4.78, 5) is 20.0. The Morgan fingerprint density at radius 2 is 1.97 bits per heavy atom. The molecule has 0 radical (unpaired) electrons. The first kappa shape index (κ1) is 23.4. The second kappa shape index (κ2) is 8.90. The summed E-state index contributed by atoms with van der Waals surface area (Å²) in [6.45, 7) is 7.50. The largest absolute Gasteiger partial charge is 0.433 e. The molecular weight excluding hydrogens is 449 g/mol. The average Bonchev–Trinajstić information content (AvgIpc) is 3.52. The number of carbonyl (C=O) groups is 1. The third-order valence-corrected chi connectivity index (χ3v) is 7.25. The Kier molecular flexibility index (Phi) is 6.32. The van der Waals surface area contributed by atoms with Crippen molar-refractivity contribution in [1.29, 1.82) is 0 Å². The Balaban J connectivity index is 1.70. The van der Waals surface area contributed by atoms with Gasteiger partial charge in [-0.1, -0.05) is 19.6 Å². The lowest BCUT2D eigenvalue weighted by atomic mass is 10.1. The topological polar surface area (TPSA) is 69.0 Å². The van der Waals surface area contributed by atoms with Crippen LogP contribution in [0.15, 0.2) is 36.7 Å². The number of hydrogen-bond acceptors (Lipinski definition) is 4. The molecule has 4 rings (SSSR count). The number of nitrogens with zero attached hydrogens (tertiary/aromatic N) is 3. The SMILES string of the molecule is C[Si](C)(C)CCOCn1c(-c2ccnc(C(F)(F)F)c2)cc2cnc(NC(=O)C3CC3)cc21. The average molecular weight is 477 g/mol. The number of fused-ring (bicyclic) bond motifs is 1. The maximum Gasteiger partial charge on any atom is 0.433 e. The Morgan fingerprint density at radius 1 is 1.21 bits per heavy atom. The van der Waals surface area contributed by atoms with E-state index in [4.69, 9.17) is 4.74 Å². The second-order valence-corrected chi connectivity index (χ2v) is 15.2. The van der Waals surface area contributed by atoms with Crippen molar-refractivity contribution in [1.82, 2.24) is 14.5 Å². The van der Waals surface area contributed by atoms with Crippen LogP contribution in [0.4, 0.5) is 19.0 Å². The van der Waals surface area contributed by atoms with Crippen molar-refractivity contribution in [3.05, 3.63) is 42.4 Å². The van der Waals surface area contributed by atoms with Crippen LogP contribution in [-0.2, 0) is 22.4 Å². The van der Waals surface area contributed by atoms with Gasteiger partial charge in [-0.15, -0.1) is 0 Å². The minimum atomic E-state index is -4.54. The molecule has 0 saturated heterocycles. The van der Waals surface area contributed by atoms with E-state index in [0.717, 1.165) is 42.1 Å². The summed E-state index contributed by atoms with van der Waals surface area (Å²) in [5.74, 6) is 0.390. The molecule has 0 spiro atoms. The van der Waals surface area contributed by atoms with E-state index in [1.807, 2.05) is 4.57 Å². The van der Waals surface area contributed by atoms with Gasteiger partial charge in [-0.05, 0) is 37.1 Å². The maximum absolute atomic E-state index is 13.3. The van der Waals surface area contributed by atoms with Crippen LogP contribution < -0.4 is 5.32 Å². The van der Waals surface area contributed by atoms with E-state index in [1.54, 1.807) is 24.4 Å². The normalized spacial score (nSPS) is 14.6. The molecular formula is C23H27F3N4O2Si. The Morgan fingerprint density at radius 3 is 2.64 bits per heavy atom. The molecule has 1 amide bonds. The van der Waals surface area contributed by atoms with Crippen molar-refractivity contribution in [2.24, 2.45) is 5.92 Å². The first-order valence-electron chi connectivity index (χ1n) is 10.9. The highest BCUT2D eigenvalue weighted by molar-refractivity contribution is 6.76. The number of pyridine rings is 2. The number of hydrogen-bond donors (Lipinski definition) is 1. The van der Waals surface area contributed by atoms with Gasteiger partial charge in [-0.2, -0.15) is 13.2 Å². The van der Waals surface area contributed by atoms with Gasteiger partial charge < -0.3 is 14.6 Å². The number of alkyl halides is 3. The van der Waals surface area contributed by atoms with Gasteiger partial charge in [0.2, 0.25) is 5.91 Å². The number of halogens is 3. The Labute approximate surface area is 191 Å². The molecule has 1 N–H and O–H groups in total. The van der Waals surface area contributed by atoms with Crippen LogP contribution in [-0.4, -0.2) is 35.1 Å². The van der Waals surface area contributed by atoms with Gasteiger partial charge in [0.1, 0.15) is 18.2 Å². The van der Waals surface area contributed by atoms with Crippen LogP contribution >= 0.6 is 0 Å². The molecule has 3 aromatic rings. The lowest BCUT2D eigenvalue weighted by Gasteiger charge is -2.17. The van der Waals surface area contributed by atoms with Gasteiger partial charge in [-0.3, -0.25) is 9.78 Å². The molecule has 10 heteroatoms. The molecule has 3 aromatic heterocycles. The molecule has 33 heavy (non-hydrogen) atoms. The Bertz CT molecular complexity index is 1170. The van der Waals surface area contributed by atoms with Gasteiger partial charge in [0.25, 0.3) is 0 Å². The Hall–Kier alpha value is -2.72. The predicted octanol–water partition coefficient (Wildman–Crippen LogP) is 5.78. The first-order valence-corrected chi connectivity index (χ1v) is 14.6. The molecule has 0 bridgehead atoms. The smallest absolute Gasteiger partial charge is 0.361 e. The molecule has 0 atom stereocenters. The van der Waals surface area contributed by atoms with Crippen molar-refractivity contribution in [3.63, 3.8) is 0 Å². The molecule has 6 nitrogen and oxygen atoms in total. The van der Waals surface area contributed by atoms with Crippen LogP contribution in [0.1, 0.15) is 18.5 Å². The molecule has 0 unspecified atom stereocenters. The van der Waals surface area contributed by atoms with Crippen molar-refractivity contribution < 1.29 is 22.7 Å². The number of amides is 1. The third kappa shape index (κ3) is 5.80. The lowest BCUT2D eigenvalue weighted by Crippen LogP contribution is -2.22. The zero-order valence-corrected chi connectivity index (χ0v) is 19.9. The molecule has 176 valence electrons. The number of carbonyl (C=O) groups excluding carboxylic acids is 1. The summed E-state index contributed by atoms with van der Waals surface area (Å²) in [6, 6.07) is 7.08. The van der Waals surface area contributed by atoms with Crippen molar-refractivity contribution in [3.8, 4) is 11.3 Å². The van der Waals surface area contributed by atoms with Gasteiger partial charge in [0.15, 0.2) is 0 Å². The van der Waals surface area contributed by atoms with E-state index in [0.29, 0.717) is 23.7 Å². The molecule has 1 saturated carbocycles. The fraction of sp³-hybridized carbons (Fsp3) is 0.435. The summed E-state index contributed by atoms with van der Waals surface area (Å²) in [5.41, 5.74) is 0.723. The standard InChI is InChI=1S/C23H27F3N4O2Si/c1-33(2,3)9-8-32-14-30-18(16-6-7-27-20(11-16)23(24,25)26)10-17-13-28-21(12-19(17)30)29-22(31)15-4-5-15/h6-7,10-13,15H,4-5,8-9,14H2,1-3H3,(H,28,29,31). The van der Waals surface area contributed by atoms with Crippen molar-refractivity contribution in [2.45, 2.75) is 51.4 Å². The highest BCUT2D eigenvalue weighted by atomic mass is 28.3. The van der Waals surface area contributed by atoms with Crippen molar-refractivity contribution in [2.75, 3.05) is 11.9 Å². The molecule has 0 aliphatic heterocycles. The fourth-order valence-corrected chi connectivity index (χ4v) is 4.21. The molecule has 0 aromatic carbocycles. The van der Waals surface area contributed by atoms with Crippen LogP contribution in [0.5, 0.6) is 0 Å². The number of aromatic nitrogens is 3. The molecule has 3 heterocycles. The second-order valence-electron chi connectivity index (χ2n) is 9.63. The van der Waals surface area contributed by atoms with Gasteiger partial charge in [-0.25, -0.2) is 4.98 Å². The molecule has 1 aliphatic rings. The van der Waals surface area contributed by atoms with Gasteiger partial charge >= 0.3 is 6.18 Å². The van der Waals surface area contributed by atoms with Crippen LogP contribution in [0.25, 0.3) is 22.2 Å². The first-order chi connectivity index (χ1) is 15.5. The van der Waals surface area contributed by atoms with E-state index in [9.17, 15) is 18.0 Å². The minimum absolute atomic E-state index is 0.0346. The monoisotopic (exact) mass is 476 g/mol. The highest BCUT2D eigenvalue weighted by Gasteiger charge is 2.33. The number of rotatable bonds is 8. The van der Waals surface area contributed by atoms with Crippen LogP contribution in [0, 0.1) is 5.92 Å². The zero-order chi connectivity index (χ0) is 23.8. The van der Waals surface area contributed by atoms with Gasteiger partial charge in [0, 0.05) is 50.0 Å². The van der Waals surface area contributed by atoms with Crippen LogP contribution in [0.2, 0.25) is 25.7 Å². The third-order valence-electron chi connectivity index (χ3n) is 5.55. The quantitative estimate of drug-likeness (QED) is 0.331. The van der Waals surface area contributed by atoms with Gasteiger partial charge in [0.05, 0.1) is 11.2 Å². The van der Waals surface area contributed by atoms with E-state index in [2.05, 4.69) is 34.9 Å². The van der Waals surface area contributed by atoms with E-state index >= 15 is 0 Å². The molecule has 1 fully saturated rings. The van der Waals surface area contributed by atoms with E-state index in [1.165, 1.54) is 0 Å². The van der Waals surface area contributed by atoms with Crippen molar-refractivity contribution >= 4 is 30.7 Å². The highest BCUT2D eigenvalue weighted by Crippen LogP contribution is 2.34. The summed E-state index contributed by atoms with van der Waals surface area (Å²) in [6.07, 6.45) is -0.00767. The summed E-state index contributed by atoms with van der Waals surface area (Å²) in [5, 5.41) is 3.58. The lowest BCUT2D eigenvalue weighted by molar-refractivity contribution is -0.141. The summed E-state index contributed by atoms with van der Waals surface area (Å²) >= 11 is 0. The minimum Gasteiger partial charge on any atom is -0.361 e. The zero-order valence-electron chi connectivity index (χ0n) is 18.9. The molecule has 1 aliphatic carbocycles.